The first kappa shape index (κ1) is 22.9. The van der Waals surface area contributed by atoms with Gasteiger partial charge in [-0.15, -0.1) is 0 Å². The molecule has 4 unspecified atom stereocenters. The van der Waals surface area contributed by atoms with Crippen LogP contribution in [0.3, 0.4) is 0 Å². The van der Waals surface area contributed by atoms with Crippen LogP contribution >= 0.6 is 11.6 Å². The van der Waals surface area contributed by atoms with E-state index in [-0.39, 0.29) is 5.41 Å². The zero-order valence-corrected chi connectivity index (χ0v) is 22.2. The Hall–Kier alpha value is -3.29. The monoisotopic (exact) mass is 501 g/mol. The number of allylic oxidation sites excluding steroid dienone is 2. The normalized spacial score (nSPS) is 25.4. The van der Waals surface area contributed by atoms with E-state index in [4.69, 9.17) is 11.6 Å². The Morgan fingerprint density at radius 1 is 0.730 bits per heavy atom. The zero-order chi connectivity index (χ0) is 25.1. The Kier molecular flexibility index (Phi) is 5.34. The van der Waals surface area contributed by atoms with Gasteiger partial charge in [0.15, 0.2) is 0 Å². The van der Waals surface area contributed by atoms with Crippen LogP contribution in [0, 0.1) is 17.8 Å². The zero-order valence-electron chi connectivity index (χ0n) is 21.5. The Morgan fingerprint density at radius 2 is 1.38 bits per heavy atom. The molecule has 37 heavy (non-hydrogen) atoms. The lowest BCUT2D eigenvalue weighted by Crippen LogP contribution is -2.42. The van der Waals surface area contributed by atoms with Crippen LogP contribution in [-0.4, -0.2) is 0 Å². The minimum atomic E-state index is -0.0976. The van der Waals surface area contributed by atoms with Gasteiger partial charge in [-0.3, -0.25) is 0 Å². The molecule has 0 aromatic heterocycles. The predicted molar refractivity (Wildman–Crippen MR) is 156 cm³/mol. The van der Waals surface area contributed by atoms with Crippen molar-refractivity contribution >= 4 is 28.7 Å². The van der Waals surface area contributed by atoms with Crippen molar-refractivity contribution < 1.29 is 0 Å². The Labute approximate surface area is 225 Å². The molecule has 0 heterocycles. The van der Waals surface area contributed by atoms with Crippen LogP contribution < -0.4 is 4.90 Å². The van der Waals surface area contributed by atoms with Crippen molar-refractivity contribution in [2.24, 2.45) is 17.8 Å². The first-order valence-electron chi connectivity index (χ1n) is 13.6. The van der Waals surface area contributed by atoms with Crippen molar-refractivity contribution in [3.8, 4) is 11.1 Å². The summed E-state index contributed by atoms with van der Waals surface area (Å²) in [7, 11) is 0. The number of anilines is 3. The quantitative estimate of drug-likeness (QED) is 0.252. The molecule has 184 valence electrons. The molecule has 7 rings (SSSR count). The van der Waals surface area contributed by atoms with Crippen molar-refractivity contribution in [1.82, 2.24) is 0 Å². The highest BCUT2D eigenvalue weighted by molar-refractivity contribution is 6.34. The smallest absolute Gasteiger partial charge is 0.0653 e. The van der Waals surface area contributed by atoms with Gasteiger partial charge in [-0.05, 0) is 103 Å². The van der Waals surface area contributed by atoms with E-state index >= 15 is 0 Å². The highest BCUT2D eigenvalue weighted by Gasteiger charge is 2.52. The summed E-state index contributed by atoms with van der Waals surface area (Å²) in [6.07, 6.45) is 6.52. The second-order valence-corrected chi connectivity index (χ2v) is 11.8. The molecule has 2 bridgehead atoms. The van der Waals surface area contributed by atoms with Crippen LogP contribution in [0.4, 0.5) is 17.1 Å². The summed E-state index contributed by atoms with van der Waals surface area (Å²) in [6, 6.07) is 34.9. The standard InChI is InChI=1S/C35H32ClN/c1-23-17-25-19-26(18-23)35(22-24(25)2)31-16-10-9-15-29(31)30-20-33(36)34(21-32(30)35)37(27-11-5-3-6-12-27)28-13-7-4-8-14-28/h3-16,20-23,25-26H,17-19H2,1-2H3. The lowest BCUT2D eigenvalue weighted by atomic mass is 9.55. The molecule has 2 heteroatoms. The molecule has 0 aliphatic heterocycles. The van der Waals surface area contributed by atoms with Crippen molar-refractivity contribution in [3.05, 3.63) is 125 Å². The fraction of sp³-hybridized carbons (Fsp3) is 0.257. The van der Waals surface area contributed by atoms with E-state index in [1.165, 1.54) is 41.5 Å². The molecule has 1 saturated carbocycles. The topological polar surface area (TPSA) is 3.24 Å². The third kappa shape index (κ3) is 3.44. The summed E-state index contributed by atoms with van der Waals surface area (Å²) in [5.74, 6) is 2.06. The largest absolute Gasteiger partial charge is 0.309 e. The number of benzene rings is 4. The Bertz CT molecular complexity index is 1470. The summed E-state index contributed by atoms with van der Waals surface area (Å²) in [4.78, 5) is 2.31. The lowest BCUT2D eigenvalue weighted by Gasteiger charge is -2.49. The molecule has 1 fully saturated rings. The third-order valence-corrected chi connectivity index (χ3v) is 9.45. The van der Waals surface area contributed by atoms with Gasteiger partial charge in [0.05, 0.1) is 10.7 Å². The molecular weight excluding hydrogens is 470 g/mol. The first-order chi connectivity index (χ1) is 18.1. The molecule has 4 aromatic carbocycles. The van der Waals surface area contributed by atoms with Crippen LogP contribution in [0.2, 0.25) is 5.02 Å². The second-order valence-electron chi connectivity index (χ2n) is 11.4. The van der Waals surface area contributed by atoms with E-state index in [1.54, 1.807) is 5.57 Å². The average Bonchev–Trinajstić information content (AvgIpc) is 3.18. The Balaban J connectivity index is 1.51. The highest BCUT2D eigenvalue weighted by atomic mass is 35.5. The minimum Gasteiger partial charge on any atom is -0.309 e. The van der Waals surface area contributed by atoms with Crippen LogP contribution in [-0.2, 0) is 5.41 Å². The van der Waals surface area contributed by atoms with Gasteiger partial charge in [-0.1, -0.05) is 90.8 Å². The third-order valence-electron chi connectivity index (χ3n) is 9.15. The number of nitrogens with zero attached hydrogens (tertiary/aromatic N) is 1. The van der Waals surface area contributed by atoms with Crippen molar-refractivity contribution in [1.29, 1.82) is 0 Å². The molecule has 3 aliphatic rings. The number of hydrogen-bond donors (Lipinski definition) is 0. The van der Waals surface area contributed by atoms with Gasteiger partial charge in [0, 0.05) is 16.8 Å². The average molecular weight is 502 g/mol. The van der Waals surface area contributed by atoms with Gasteiger partial charge < -0.3 is 4.90 Å². The molecule has 0 saturated heterocycles. The molecule has 0 amide bonds. The number of para-hydroxylation sites is 2. The molecule has 0 N–H and O–H groups in total. The van der Waals surface area contributed by atoms with E-state index in [0.29, 0.717) is 11.8 Å². The van der Waals surface area contributed by atoms with Gasteiger partial charge in [-0.2, -0.15) is 0 Å². The molecule has 1 nitrogen and oxygen atoms in total. The maximum absolute atomic E-state index is 7.20. The fourth-order valence-corrected chi connectivity index (χ4v) is 7.89. The van der Waals surface area contributed by atoms with Crippen LogP contribution in [0.25, 0.3) is 11.1 Å². The number of rotatable bonds is 3. The number of fused-ring (bicyclic) bond motifs is 8. The summed E-state index contributed by atoms with van der Waals surface area (Å²) >= 11 is 7.20. The summed E-state index contributed by atoms with van der Waals surface area (Å²) in [5, 5.41) is 0.782. The van der Waals surface area contributed by atoms with Gasteiger partial charge in [0.25, 0.3) is 0 Å². The van der Waals surface area contributed by atoms with Gasteiger partial charge >= 0.3 is 0 Å². The van der Waals surface area contributed by atoms with E-state index in [1.807, 2.05) is 0 Å². The van der Waals surface area contributed by atoms with E-state index in [2.05, 4.69) is 122 Å². The van der Waals surface area contributed by atoms with Crippen LogP contribution in [0.1, 0.15) is 44.2 Å². The maximum atomic E-state index is 7.20. The highest BCUT2D eigenvalue weighted by Crippen LogP contribution is 2.62. The molecule has 0 radical (unpaired) electrons. The minimum absolute atomic E-state index is 0.0976. The molecule has 4 aromatic rings. The van der Waals surface area contributed by atoms with E-state index in [9.17, 15) is 0 Å². The van der Waals surface area contributed by atoms with Crippen molar-refractivity contribution in [3.63, 3.8) is 0 Å². The SMILES string of the molecule is CC1=CC2(c3ccccc3-c3cc(Cl)c(N(c4ccccc4)c4ccccc4)cc32)C2CC(C)CC1C2. The van der Waals surface area contributed by atoms with Gasteiger partial charge in [0.1, 0.15) is 0 Å². The molecule has 3 aliphatic carbocycles. The first-order valence-corrected chi connectivity index (χ1v) is 14.0. The van der Waals surface area contributed by atoms with Gasteiger partial charge in [-0.25, -0.2) is 0 Å². The molecule has 1 spiro atoms. The van der Waals surface area contributed by atoms with Crippen LogP contribution in [0.5, 0.6) is 0 Å². The maximum Gasteiger partial charge on any atom is 0.0653 e. The predicted octanol–water partition coefficient (Wildman–Crippen LogP) is 10.1. The Morgan fingerprint density at radius 3 is 2.08 bits per heavy atom. The van der Waals surface area contributed by atoms with Gasteiger partial charge in [0.2, 0.25) is 0 Å². The van der Waals surface area contributed by atoms with Crippen molar-refractivity contribution in [2.75, 3.05) is 4.90 Å². The molecule has 4 atom stereocenters. The lowest BCUT2D eigenvalue weighted by molar-refractivity contribution is 0.168. The number of hydrogen-bond acceptors (Lipinski definition) is 1. The van der Waals surface area contributed by atoms with Crippen LogP contribution in [0.15, 0.2) is 109 Å². The summed E-state index contributed by atoms with van der Waals surface area (Å²) in [6.45, 7) is 4.82. The summed E-state index contributed by atoms with van der Waals surface area (Å²) in [5.41, 5.74) is 10.3. The van der Waals surface area contributed by atoms with Crippen molar-refractivity contribution in [2.45, 2.75) is 38.5 Å². The second kappa shape index (κ2) is 8.64. The molecular formula is C35H32ClN. The van der Waals surface area contributed by atoms with E-state index < -0.39 is 0 Å². The fourth-order valence-electron chi connectivity index (χ4n) is 7.64. The number of halogens is 1. The van der Waals surface area contributed by atoms with E-state index in [0.717, 1.165) is 28.0 Å². The summed E-state index contributed by atoms with van der Waals surface area (Å²) < 4.78 is 0.